The van der Waals surface area contributed by atoms with Gasteiger partial charge in [-0.3, -0.25) is 0 Å². The highest BCUT2D eigenvalue weighted by Gasteiger charge is 2.35. The van der Waals surface area contributed by atoms with Crippen molar-refractivity contribution in [1.82, 2.24) is 0 Å². The van der Waals surface area contributed by atoms with E-state index in [4.69, 9.17) is 0 Å². The van der Waals surface area contributed by atoms with E-state index < -0.39 is 41.2 Å². The predicted molar refractivity (Wildman–Crippen MR) is 147 cm³/mol. The van der Waals surface area contributed by atoms with Crippen molar-refractivity contribution in [2.45, 2.75) is 95.8 Å². The second-order valence-corrected chi connectivity index (χ2v) is 11.6. The molecule has 0 spiro atoms. The lowest BCUT2D eigenvalue weighted by Crippen LogP contribution is -2.20. The summed E-state index contributed by atoms with van der Waals surface area (Å²) in [6.07, 6.45) is 6.73. The van der Waals surface area contributed by atoms with Crippen molar-refractivity contribution in [3.05, 3.63) is 82.5 Å². The van der Waals surface area contributed by atoms with E-state index in [0.717, 1.165) is 75.6 Å². The van der Waals surface area contributed by atoms with Crippen LogP contribution in [0, 0.1) is 29.3 Å². The Bertz CT molecular complexity index is 1240. The van der Waals surface area contributed by atoms with Crippen molar-refractivity contribution in [2.24, 2.45) is 11.8 Å². The van der Waals surface area contributed by atoms with Gasteiger partial charge in [-0.05, 0) is 117 Å². The quantitative estimate of drug-likeness (QED) is 0.206. The van der Waals surface area contributed by atoms with Crippen LogP contribution in [0.1, 0.15) is 106 Å². The maximum atomic E-state index is 14.9. The number of allylic oxidation sites excluding steroid dienone is 3. The van der Waals surface area contributed by atoms with E-state index in [1.807, 2.05) is 0 Å². The smallest absolute Gasteiger partial charge is 0.399 e. The lowest BCUT2D eigenvalue weighted by molar-refractivity contribution is -0.276. The van der Waals surface area contributed by atoms with E-state index in [9.17, 15) is 35.1 Å². The summed E-state index contributed by atoms with van der Waals surface area (Å²) in [5.74, 6) is -5.82. The average Bonchev–Trinajstić information content (AvgIpc) is 2.96. The minimum absolute atomic E-state index is 0.0383. The highest BCUT2D eigenvalue weighted by atomic mass is 19.4. The van der Waals surface area contributed by atoms with E-state index in [-0.39, 0.29) is 17.4 Å². The number of rotatable bonds is 9. The number of ether oxygens (including phenoxy) is 1. The van der Waals surface area contributed by atoms with Crippen LogP contribution in [0.3, 0.4) is 0 Å². The fraction of sp³-hybridized carbons (Fsp3) is 0.515. The molecule has 0 bridgehead atoms. The normalized spacial score (nSPS) is 24.1. The summed E-state index contributed by atoms with van der Waals surface area (Å²) in [4.78, 5) is 0. The summed E-state index contributed by atoms with van der Waals surface area (Å²) in [5.41, 5.74) is 0.785. The van der Waals surface area contributed by atoms with Crippen LogP contribution in [-0.4, -0.2) is 6.36 Å². The molecular formula is C33H36F8O. The lowest BCUT2D eigenvalue weighted by Gasteiger charge is -2.32. The Kier molecular flexibility index (Phi) is 10.8. The average molecular weight is 601 g/mol. The molecule has 0 heterocycles. The van der Waals surface area contributed by atoms with Gasteiger partial charge in [-0.25, -0.2) is 22.0 Å². The first kappa shape index (κ1) is 32.1. The Balaban J connectivity index is 1.23. The molecule has 0 unspecified atom stereocenters. The van der Waals surface area contributed by atoms with E-state index in [2.05, 4.69) is 4.74 Å². The van der Waals surface area contributed by atoms with Crippen LogP contribution in [0.5, 0.6) is 5.75 Å². The van der Waals surface area contributed by atoms with Gasteiger partial charge in [0.2, 0.25) is 5.75 Å². The summed E-state index contributed by atoms with van der Waals surface area (Å²) in [6, 6.07) is 5.96. The molecule has 2 aliphatic rings. The second kappa shape index (κ2) is 14.1. The first-order valence-corrected chi connectivity index (χ1v) is 14.7. The number of halogens is 8. The number of alkyl halides is 3. The predicted octanol–water partition coefficient (Wildman–Crippen LogP) is 11.6. The van der Waals surface area contributed by atoms with Crippen molar-refractivity contribution in [2.75, 3.05) is 0 Å². The molecule has 0 N–H and O–H groups in total. The largest absolute Gasteiger partial charge is 0.573 e. The Morgan fingerprint density at radius 3 is 1.83 bits per heavy atom. The van der Waals surface area contributed by atoms with Crippen LogP contribution in [-0.2, 0) is 0 Å². The van der Waals surface area contributed by atoms with Gasteiger partial charge in [0.05, 0.1) is 0 Å². The molecule has 0 atom stereocenters. The molecule has 2 fully saturated rings. The van der Waals surface area contributed by atoms with Gasteiger partial charge in [0.25, 0.3) is 0 Å². The Morgan fingerprint density at radius 1 is 0.786 bits per heavy atom. The van der Waals surface area contributed by atoms with Crippen molar-refractivity contribution in [3.8, 4) is 5.75 Å². The van der Waals surface area contributed by atoms with Crippen LogP contribution in [0.4, 0.5) is 35.1 Å². The minimum Gasteiger partial charge on any atom is -0.399 e. The summed E-state index contributed by atoms with van der Waals surface area (Å²) in [6.45, 7) is 1.80. The molecule has 2 saturated carbocycles. The molecule has 42 heavy (non-hydrogen) atoms. The zero-order valence-corrected chi connectivity index (χ0v) is 23.6. The van der Waals surface area contributed by atoms with Gasteiger partial charge < -0.3 is 4.74 Å². The zero-order chi connectivity index (χ0) is 30.4. The van der Waals surface area contributed by atoms with Gasteiger partial charge in [0.1, 0.15) is 5.82 Å². The van der Waals surface area contributed by atoms with Crippen LogP contribution in [0.15, 0.2) is 48.3 Å². The first-order valence-electron chi connectivity index (χ1n) is 14.7. The van der Waals surface area contributed by atoms with Crippen LogP contribution in [0.2, 0.25) is 0 Å². The Labute approximate surface area is 241 Å². The number of hydrogen-bond donors (Lipinski definition) is 0. The molecule has 0 aromatic heterocycles. The third kappa shape index (κ3) is 8.38. The molecule has 0 radical (unpaired) electrons. The standard InChI is InChI=1S/C33H36F8O/c1-2-3-4-27(34)31(38)24-15-16-26(28(35)17-24)23-13-9-21(10-14-23)6-5-20-7-11-22(12-8-20)25-18-29(36)32(30(37)19-25)42-33(39,40)41/h3-4,15-23H,2,5-14H2,1H3. The summed E-state index contributed by atoms with van der Waals surface area (Å²) in [5, 5.41) is 0. The van der Waals surface area contributed by atoms with Gasteiger partial charge in [-0.2, -0.15) is 0 Å². The third-order valence-electron chi connectivity index (χ3n) is 8.79. The third-order valence-corrected chi connectivity index (χ3v) is 8.79. The molecule has 230 valence electrons. The Hall–Kier alpha value is -2.84. The molecule has 1 nitrogen and oxygen atoms in total. The summed E-state index contributed by atoms with van der Waals surface area (Å²) >= 11 is 0. The van der Waals surface area contributed by atoms with Crippen molar-refractivity contribution in [1.29, 1.82) is 0 Å². The maximum Gasteiger partial charge on any atom is 0.573 e. The highest BCUT2D eigenvalue weighted by molar-refractivity contribution is 5.63. The van der Waals surface area contributed by atoms with Crippen molar-refractivity contribution >= 4 is 5.83 Å². The number of benzene rings is 2. The van der Waals surface area contributed by atoms with Gasteiger partial charge in [0, 0.05) is 5.56 Å². The molecule has 2 aromatic carbocycles. The van der Waals surface area contributed by atoms with Crippen LogP contribution < -0.4 is 4.74 Å². The molecule has 2 aliphatic carbocycles. The fourth-order valence-electron chi connectivity index (χ4n) is 6.47. The molecule has 0 aliphatic heterocycles. The molecule has 4 rings (SSSR count). The molecule has 0 amide bonds. The zero-order valence-electron chi connectivity index (χ0n) is 23.6. The van der Waals surface area contributed by atoms with E-state index in [1.165, 1.54) is 12.1 Å². The molecule has 2 aromatic rings. The van der Waals surface area contributed by atoms with Crippen LogP contribution >= 0.6 is 0 Å². The van der Waals surface area contributed by atoms with Crippen LogP contribution in [0.25, 0.3) is 5.83 Å². The van der Waals surface area contributed by atoms with Gasteiger partial charge in [-0.15, -0.1) is 13.2 Å². The SMILES string of the molecule is CCC=CC(F)=C(F)c1ccc(C2CCC(CCC3CCC(c4cc(F)c(OC(F)(F)F)c(F)c4)CC3)CC2)c(F)c1. The molecule has 0 saturated heterocycles. The first-order chi connectivity index (χ1) is 19.9. The van der Waals surface area contributed by atoms with Crippen molar-refractivity contribution < 1.29 is 39.9 Å². The summed E-state index contributed by atoms with van der Waals surface area (Å²) in [7, 11) is 0. The molecular weight excluding hydrogens is 564 g/mol. The van der Waals surface area contributed by atoms with E-state index >= 15 is 0 Å². The number of hydrogen-bond acceptors (Lipinski definition) is 1. The monoisotopic (exact) mass is 600 g/mol. The van der Waals surface area contributed by atoms with Gasteiger partial charge in [-0.1, -0.05) is 38.0 Å². The second-order valence-electron chi connectivity index (χ2n) is 11.6. The van der Waals surface area contributed by atoms with E-state index in [0.29, 0.717) is 42.2 Å². The molecule has 9 heteroatoms. The topological polar surface area (TPSA) is 9.23 Å². The minimum atomic E-state index is -5.17. The maximum absolute atomic E-state index is 14.9. The van der Waals surface area contributed by atoms with Crippen molar-refractivity contribution in [3.63, 3.8) is 0 Å². The van der Waals surface area contributed by atoms with E-state index in [1.54, 1.807) is 13.0 Å². The Morgan fingerprint density at radius 2 is 1.33 bits per heavy atom. The highest BCUT2D eigenvalue weighted by Crippen LogP contribution is 2.43. The fourth-order valence-corrected chi connectivity index (χ4v) is 6.47. The van der Waals surface area contributed by atoms with Gasteiger partial charge in [0.15, 0.2) is 23.3 Å². The summed E-state index contributed by atoms with van der Waals surface area (Å²) < 4.78 is 112. The lowest BCUT2D eigenvalue weighted by atomic mass is 9.73. The van der Waals surface area contributed by atoms with Gasteiger partial charge >= 0.3 is 6.36 Å².